The van der Waals surface area contributed by atoms with Gasteiger partial charge in [0.05, 0.1) is 37.2 Å². The van der Waals surface area contributed by atoms with Crippen LogP contribution in [0.2, 0.25) is 0 Å². The van der Waals surface area contributed by atoms with E-state index in [1.807, 2.05) is 0 Å². The fourth-order valence-electron chi connectivity index (χ4n) is 3.90. The number of rotatable bonds is 5. The van der Waals surface area contributed by atoms with Crippen molar-refractivity contribution in [2.75, 3.05) is 7.11 Å². The molecule has 0 aromatic heterocycles. The van der Waals surface area contributed by atoms with Gasteiger partial charge in [0.25, 0.3) is 0 Å². The number of nitrogens with zero attached hydrogens (tertiary/aromatic N) is 4. The topological polar surface area (TPSA) is 52.8 Å². The van der Waals surface area contributed by atoms with Crippen LogP contribution in [0.15, 0.2) is 67.0 Å². The molecule has 0 saturated carbocycles. The molecule has 5 nitrogen and oxygen atoms in total. The standard InChI is InChI=1S/C26H16F6N4O/c1-37-16-7-8-17(19(10-16)26(30,31)32)14-5-6-15(21(28)9-14)12-36-13-23-22(11-33-36)34-25(35-23)18-3-2-4-20(27)24(18)29/h2-11,13H,12H2,1H3. The number of aromatic nitrogens is 4. The SMILES string of the molecule is COc1ccc(-c2ccc(Cn3cc4nc(-c5cccc(F)c5F)nc-4cn3)c(F)c2)c(C(F)(F)F)c1. The Kier molecular flexibility index (Phi) is 6.06. The molecule has 0 saturated heterocycles. The second kappa shape index (κ2) is 9.23. The maximum absolute atomic E-state index is 15.0. The van der Waals surface area contributed by atoms with Crippen LogP contribution in [-0.4, -0.2) is 26.9 Å². The zero-order valence-electron chi connectivity index (χ0n) is 19.0. The lowest BCUT2D eigenvalue weighted by Crippen LogP contribution is -2.09. The first kappa shape index (κ1) is 24.3. The van der Waals surface area contributed by atoms with E-state index >= 15 is 0 Å². The highest BCUT2D eigenvalue weighted by molar-refractivity contribution is 5.70. The number of hydrogen-bond donors (Lipinski definition) is 0. The molecule has 0 amide bonds. The van der Waals surface area contributed by atoms with Crippen LogP contribution in [0, 0.1) is 17.5 Å². The summed E-state index contributed by atoms with van der Waals surface area (Å²) < 4.78 is 89.7. The number of hydrogen-bond acceptors (Lipinski definition) is 4. The number of imidazole rings is 1. The third-order valence-corrected chi connectivity index (χ3v) is 5.74. The van der Waals surface area contributed by atoms with Crippen LogP contribution in [0.25, 0.3) is 33.9 Å². The molecule has 0 fully saturated rings. The summed E-state index contributed by atoms with van der Waals surface area (Å²) in [6.45, 7) is -0.0622. The average molecular weight is 514 g/mol. The van der Waals surface area contributed by atoms with Crippen LogP contribution >= 0.6 is 0 Å². The average Bonchev–Trinajstić information content (AvgIpc) is 3.29. The highest BCUT2D eigenvalue weighted by Crippen LogP contribution is 2.39. The predicted molar refractivity (Wildman–Crippen MR) is 122 cm³/mol. The van der Waals surface area contributed by atoms with Crippen molar-refractivity contribution >= 4 is 0 Å². The zero-order valence-corrected chi connectivity index (χ0v) is 19.0. The second-order valence-electron chi connectivity index (χ2n) is 8.11. The highest BCUT2D eigenvalue weighted by Gasteiger charge is 2.34. The Hall–Kier alpha value is -4.41. The Morgan fingerprint density at radius 2 is 1.65 bits per heavy atom. The maximum atomic E-state index is 15.0. The van der Waals surface area contributed by atoms with Gasteiger partial charge < -0.3 is 4.74 Å². The van der Waals surface area contributed by atoms with Crippen molar-refractivity contribution in [3.8, 4) is 39.7 Å². The van der Waals surface area contributed by atoms with Gasteiger partial charge in [0, 0.05) is 5.56 Å². The molecule has 0 N–H and O–H groups in total. The zero-order chi connectivity index (χ0) is 26.3. The number of halogens is 6. The molecule has 2 aliphatic rings. The molecular formula is C26H16F6N4O. The Morgan fingerprint density at radius 3 is 2.38 bits per heavy atom. The monoisotopic (exact) mass is 514 g/mol. The van der Waals surface area contributed by atoms with Crippen molar-refractivity contribution in [2.24, 2.45) is 0 Å². The van der Waals surface area contributed by atoms with E-state index in [0.29, 0.717) is 11.4 Å². The molecule has 0 unspecified atom stereocenters. The number of fused-ring (bicyclic) bond motifs is 1. The van der Waals surface area contributed by atoms with Crippen LogP contribution < -0.4 is 4.74 Å². The maximum Gasteiger partial charge on any atom is 0.417 e. The normalized spacial score (nSPS) is 11.8. The predicted octanol–water partition coefficient (Wildman–Crippen LogP) is 6.60. The minimum atomic E-state index is -4.66. The Balaban J connectivity index is 1.44. The summed E-state index contributed by atoms with van der Waals surface area (Å²) >= 11 is 0. The molecule has 0 bridgehead atoms. The third-order valence-electron chi connectivity index (χ3n) is 5.74. The molecular weight excluding hydrogens is 498 g/mol. The first-order chi connectivity index (χ1) is 17.6. The highest BCUT2D eigenvalue weighted by atomic mass is 19.4. The number of methoxy groups -OCH3 is 1. The van der Waals surface area contributed by atoms with Crippen molar-refractivity contribution in [3.63, 3.8) is 0 Å². The number of benzene rings is 3. The van der Waals surface area contributed by atoms with Crippen LogP contribution in [-0.2, 0) is 12.7 Å². The molecule has 188 valence electrons. The largest absolute Gasteiger partial charge is 0.497 e. The van der Waals surface area contributed by atoms with Gasteiger partial charge in [-0.3, -0.25) is 4.68 Å². The van der Waals surface area contributed by atoms with Gasteiger partial charge in [-0.2, -0.15) is 18.3 Å². The van der Waals surface area contributed by atoms with E-state index in [4.69, 9.17) is 4.74 Å². The molecule has 3 aromatic rings. The van der Waals surface area contributed by atoms with Gasteiger partial charge in [0.15, 0.2) is 17.5 Å². The van der Waals surface area contributed by atoms with Crippen LogP contribution in [0.3, 0.4) is 0 Å². The van der Waals surface area contributed by atoms with Gasteiger partial charge in [-0.25, -0.2) is 23.1 Å². The summed E-state index contributed by atoms with van der Waals surface area (Å²) in [5.74, 6) is -2.83. The van der Waals surface area contributed by atoms with Crippen molar-refractivity contribution < 1.29 is 31.1 Å². The van der Waals surface area contributed by atoms with E-state index in [9.17, 15) is 26.3 Å². The van der Waals surface area contributed by atoms with Gasteiger partial charge in [-0.05, 0) is 41.5 Å². The number of alkyl halides is 3. The van der Waals surface area contributed by atoms with E-state index < -0.39 is 29.2 Å². The summed E-state index contributed by atoms with van der Waals surface area (Å²) in [7, 11) is 1.26. The molecule has 0 spiro atoms. The lowest BCUT2D eigenvalue weighted by Gasteiger charge is -2.15. The number of ether oxygens (including phenoxy) is 1. The summed E-state index contributed by atoms with van der Waals surface area (Å²) in [6.07, 6.45) is -1.86. The molecule has 0 aliphatic carbocycles. The molecule has 2 heterocycles. The van der Waals surface area contributed by atoms with Gasteiger partial charge in [-0.1, -0.05) is 24.3 Å². The molecule has 5 rings (SSSR count). The molecule has 11 heteroatoms. The quantitative estimate of drug-likeness (QED) is 0.248. The first-order valence-corrected chi connectivity index (χ1v) is 10.8. The lowest BCUT2D eigenvalue weighted by molar-refractivity contribution is -0.137. The van der Waals surface area contributed by atoms with Crippen molar-refractivity contribution in [1.29, 1.82) is 0 Å². The fraction of sp³-hybridized carbons (Fsp3) is 0.115. The van der Waals surface area contributed by atoms with E-state index in [1.54, 1.807) is 0 Å². The first-order valence-electron chi connectivity index (χ1n) is 10.8. The van der Waals surface area contributed by atoms with E-state index in [-0.39, 0.29) is 40.4 Å². The Labute approximate surface area is 206 Å². The van der Waals surface area contributed by atoms with Gasteiger partial charge in [0.1, 0.15) is 23.0 Å². The molecule has 3 aromatic carbocycles. The van der Waals surface area contributed by atoms with Crippen molar-refractivity contribution in [3.05, 3.63) is 95.6 Å². The summed E-state index contributed by atoms with van der Waals surface area (Å²) in [4.78, 5) is 8.39. The van der Waals surface area contributed by atoms with E-state index in [1.165, 1.54) is 60.6 Å². The van der Waals surface area contributed by atoms with Gasteiger partial charge in [0.2, 0.25) is 0 Å². The van der Waals surface area contributed by atoms with Crippen LogP contribution in [0.4, 0.5) is 26.3 Å². The Morgan fingerprint density at radius 1 is 0.865 bits per heavy atom. The Bertz CT molecular complexity index is 1580. The minimum Gasteiger partial charge on any atom is -0.497 e. The van der Waals surface area contributed by atoms with Crippen molar-refractivity contribution in [1.82, 2.24) is 19.7 Å². The summed E-state index contributed by atoms with van der Waals surface area (Å²) in [6, 6.07) is 10.9. The van der Waals surface area contributed by atoms with Crippen LogP contribution in [0.1, 0.15) is 11.1 Å². The molecule has 37 heavy (non-hydrogen) atoms. The second-order valence-corrected chi connectivity index (χ2v) is 8.11. The van der Waals surface area contributed by atoms with Gasteiger partial charge >= 0.3 is 6.18 Å². The summed E-state index contributed by atoms with van der Waals surface area (Å²) in [5.41, 5.74) is -0.382. The lowest BCUT2D eigenvalue weighted by atomic mass is 9.97. The minimum absolute atomic E-state index is 0.0259. The van der Waals surface area contributed by atoms with Crippen LogP contribution in [0.5, 0.6) is 5.75 Å². The van der Waals surface area contributed by atoms with Crippen molar-refractivity contribution in [2.45, 2.75) is 12.7 Å². The van der Waals surface area contributed by atoms with E-state index in [2.05, 4.69) is 15.1 Å². The molecule has 0 radical (unpaired) electrons. The third kappa shape index (κ3) is 4.72. The van der Waals surface area contributed by atoms with Gasteiger partial charge in [-0.15, -0.1) is 0 Å². The molecule has 2 aliphatic heterocycles. The fourth-order valence-corrected chi connectivity index (χ4v) is 3.90. The molecule has 0 atom stereocenters. The summed E-state index contributed by atoms with van der Waals surface area (Å²) in [5, 5.41) is 4.15. The smallest absolute Gasteiger partial charge is 0.417 e. The van der Waals surface area contributed by atoms with E-state index in [0.717, 1.165) is 18.2 Å².